The first kappa shape index (κ1) is 11.7. The highest BCUT2D eigenvalue weighted by Gasteiger charge is 2.15. The summed E-state index contributed by atoms with van der Waals surface area (Å²) in [5.74, 6) is -1.05. The van der Waals surface area contributed by atoms with Crippen molar-refractivity contribution in [3.8, 4) is 0 Å². The molecule has 1 atom stereocenters. The van der Waals surface area contributed by atoms with Crippen molar-refractivity contribution in [3.05, 3.63) is 35.6 Å². The maximum Gasteiger partial charge on any atom is 0.223 e. The van der Waals surface area contributed by atoms with Gasteiger partial charge in [0.2, 0.25) is 5.91 Å². The van der Waals surface area contributed by atoms with Crippen molar-refractivity contribution in [2.24, 2.45) is 11.7 Å². The highest BCUT2D eigenvalue weighted by Crippen LogP contribution is 2.10. The number of primary amides is 1. The van der Waals surface area contributed by atoms with Gasteiger partial charge in [-0.1, -0.05) is 12.1 Å². The van der Waals surface area contributed by atoms with E-state index in [2.05, 4.69) is 0 Å². The molecule has 0 aliphatic rings. The van der Waals surface area contributed by atoms with Crippen LogP contribution in [0.1, 0.15) is 5.56 Å². The summed E-state index contributed by atoms with van der Waals surface area (Å²) >= 11 is 0. The van der Waals surface area contributed by atoms with Crippen molar-refractivity contribution in [2.45, 2.75) is 6.42 Å². The lowest BCUT2D eigenvalue weighted by atomic mass is 9.99. The van der Waals surface area contributed by atoms with Crippen molar-refractivity contribution >= 4 is 5.91 Å². The van der Waals surface area contributed by atoms with Crippen LogP contribution in [0.4, 0.5) is 4.39 Å². The van der Waals surface area contributed by atoms with E-state index in [1.807, 2.05) is 0 Å². The first-order valence-corrected chi connectivity index (χ1v) is 4.66. The molecule has 4 heteroatoms. The van der Waals surface area contributed by atoms with Gasteiger partial charge in [-0.2, -0.15) is 0 Å². The average molecular weight is 211 g/mol. The van der Waals surface area contributed by atoms with Crippen molar-refractivity contribution in [1.29, 1.82) is 0 Å². The van der Waals surface area contributed by atoms with E-state index in [9.17, 15) is 9.18 Å². The minimum Gasteiger partial charge on any atom is -0.384 e. The molecule has 1 aromatic carbocycles. The third-order valence-corrected chi connectivity index (χ3v) is 2.17. The Morgan fingerprint density at radius 2 is 2.07 bits per heavy atom. The van der Waals surface area contributed by atoms with Crippen molar-refractivity contribution in [1.82, 2.24) is 0 Å². The summed E-state index contributed by atoms with van der Waals surface area (Å²) in [7, 11) is 1.51. The molecule has 0 saturated carbocycles. The number of hydrogen-bond donors (Lipinski definition) is 1. The number of amides is 1. The second-order valence-electron chi connectivity index (χ2n) is 3.39. The molecule has 3 nitrogen and oxygen atoms in total. The molecule has 0 aliphatic heterocycles. The van der Waals surface area contributed by atoms with Crippen LogP contribution in [0.5, 0.6) is 0 Å². The minimum atomic E-state index is -0.402. The molecule has 0 heterocycles. The Balaban J connectivity index is 2.65. The average Bonchev–Trinajstić information content (AvgIpc) is 2.20. The topological polar surface area (TPSA) is 52.3 Å². The van der Waals surface area contributed by atoms with Crippen LogP contribution in [-0.4, -0.2) is 19.6 Å². The summed E-state index contributed by atoms with van der Waals surface area (Å²) in [6.45, 7) is 0.284. The molecule has 1 amide bonds. The second-order valence-corrected chi connectivity index (χ2v) is 3.39. The normalized spacial score (nSPS) is 12.4. The van der Waals surface area contributed by atoms with Crippen LogP contribution in [-0.2, 0) is 16.0 Å². The summed E-state index contributed by atoms with van der Waals surface area (Å²) < 4.78 is 17.5. The second kappa shape index (κ2) is 5.46. The first-order chi connectivity index (χ1) is 7.13. The van der Waals surface area contributed by atoms with Crippen molar-refractivity contribution in [3.63, 3.8) is 0 Å². The van der Waals surface area contributed by atoms with Crippen LogP contribution in [0, 0.1) is 11.7 Å². The Morgan fingerprint density at radius 3 is 2.53 bits per heavy atom. The highest BCUT2D eigenvalue weighted by molar-refractivity contribution is 5.77. The SMILES string of the molecule is COCC(Cc1ccc(F)cc1)C(N)=O. The first-order valence-electron chi connectivity index (χ1n) is 4.66. The van der Waals surface area contributed by atoms with Crippen LogP contribution in [0.15, 0.2) is 24.3 Å². The maximum absolute atomic E-state index is 12.6. The van der Waals surface area contributed by atoms with Gasteiger partial charge in [-0.3, -0.25) is 4.79 Å². The Morgan fingerprint density at radius 1 is 1.47 bits per heavy atom. The Kier molecular flexibility index (Phi) is 4.24. The summed E-state index contributed by atoms with van der Waals surface area (Å²) in [5, 5.41) is 0. The summed E-state index contributed by atoms with van der Waals surface area (Å²) in [4.78, 5) is 11.0. The van der Waals surface area contributed by atoms with E-state index in [1.54, 1.807) is 12.1 Å². The van der Waals surface area contributed by atoms with Crippen molar-refractivity contribution in [2.75, 3.05) is 13.7 Å². The molecule has 0 aliphatic carbocycles. The van der Waals surface area contributed by atoms with E-state index in [0.717, 1.165) is 5.56 Å². The van der Waals surface area contributed by atoms with Crippen LogP contribution >= 0.6 is 0 Å². The third-order valence-electron chi connectivity index (χ3n) is 2.17. The number of halogens is 1. The van der Waals surface area contributed by atoms with Gasteiger partial charge in [0.05, 0.1) is 12.5 Å². The summed E-state index contributed by atoms with van der Waals surface area (Å²) in [6.07, 6.45) is 0.476. The monoisotopic (exact) mass is 211 g/mol. The fourth-order valence-electron chi connectivity index (χ4n) is 1.35. The van der Waals surface area contributed by atoms with Gasteiger partial charge in [0.25, 0.3) is 0 Å². The summed E-state index contributed by atoms with van der Waals surface area (Å²) in [6, 6.07) is 6.00. The van der Waals surface area contributed by atoms with Crippen LogP contribution in [0.25, 0.3) is 0 Å². The maximum atomic E-state index is 12.6. The van der Waals surface area contributed by atoms with E-state index in [0.29, 0.717) is 6.42 Å². The van der Waals surface area contributed by atoms with Crippen LogP contribution in [0.3, 0.4) is 0 Å². The lowest BCUT2D eigenvalue weighted by Crippen LogP contribution is -2.28. The zero-order valence-electron chi connectivity index (χ0n) is 8.57. The molecule has 0 spiro atoms. The van der Waals surface area contributed by atoms with Crippen LogP contribution < -0.4 is 5.73 Å². The molecule has 0 bridgehead atoms. The molecular formula is C11H14FNO2. The molecule has 0 saturated heterocycles. The molecular weight excluding hydrogens is 197 g/mol. The number of ether oxygens (including phenoxy) is 1. The lowest BCUT2D eigenvalue weighted by molar-refractivity contribution is -0.123. The van der Waals surface area contributed by atoms with E-state index in [4.69, 9.17) is 10.5 Å². The molecule has 2 N–H and O–H groups in total. The van der Waals surface area contributed by atoms with E-state index < -0.39 is 5.91 Å². The molecule has 1 rings (SSSR count). The number of rotatable bonds is 5. The molecule has 0 fully saturated rings. The Hall–Kier alpha value is -1.42. The van der Waals surface area contributed by atoms with Gasteiger partial charge in [-0.15, -0.1) is 0 Å². The summed E-state index contributed by atoms with van der Waals surface area (Å²) in [5.41, 5.74) is 6.08. The zero-order chi connectivity index (χ0) is 11.3. The predicted octanol–water partition coefficient (Wildman–Crippen LogP) is 1.12. The molecule has 15 heavy (non-hydrogen) atoms. The van der Waals surface area contributed by atoms with Crippen molar-refractivity contribution < 1.29 is 13.9 Å². The third kappa shape index (κ3) is 3.67. The molecule has 1 aromatic rings. The molecule has 82 valence electrons. The van der Waals surface area contributed by atoms with Gasteiger partial charge < -0.3 is 10.5 Å². The minimum absolute atomic E-state index is 0.284. The van der Waals surface area contributed by atoms with E-state index >= 15 is 0 Å². The fourth-order valence-corrected chi connectivity index (χ4v) is 1.35. The quantitative estimate of drug-likeness (QED) is 0.793. The zero-order valence-corrected chi connectivity index (χ0v) is 8.57. The number of nitrogens with two attached hydrogens (primary N) is 1. The number of benzene rings is 1. The van der Waals surface area contributed by atoms with Gasteiger partial charge in [-0.25, -0.2) is 4.39 Å². The smallest absolute Gasteiger partial charge is 0.223 e. The van der Waals surface area contributed by atoms with Gasteiger partial charge in [0.15, 0.2) is 0 Å². The molecule has 0 radical (unpaired) electrons. The van der Waals surface area contributed by atoms with Gasteiger partial charge in [0, 0.05) is 7.11 Å². The lowest BCUT2D eigenvalue weighted by Gasteiger charge is -2.11. The Bertz CT molecular complexity index is 324. The molecule has 0 aromatic heterocycles. The van der Waals surface area contributed by atoms with E-state index in [1.165, 1.54) is 19.2 Å². The standard InChI is InChI=1S/C11H14FNO2/c1-15-7-9(11(13)14)6-8-2-4-10(12)5-3-8/h2-5,9H,6-7H2,1H3,(H2,13,14). The number of hydrogen-bond acceptors (Lipinski definition) is 2. The van der Waals surface area contributed by atoms with Gasteiger partial charge >= 0.3 is 0 Å². The Labute approximate surface area is 88.0 Å². The fraction of sp³-hybridized carbons (Fsp3) is 0.364. The molecule has 1 unspecified atom stereocenters. The number of carbonyl (C=O) groups excluding carboxylic acids is 1. The van der Waals surface area contributed by atoms with E-state index in [-0.39, 0.29) is 18.3 Å². The van der Waals surface area contributed by atoms with Gasteiger partial charge in [0.1, 0.15) is 5.82 Å². The number of methoxy groups -OCH3 is 1. The predicted molar refractivity (Wildman–Crippen MR) is 54.7 cm³/mol. The largest absolute Gasteiger partial charge is 0.384 e. The van der Waals surface area contributed by atoms with Crippen LogP contribution in [0.2, 0.25) is 0 Å². The highest BCUT2D eigenvalue weighted by atomic mass is 19.1. The number of carbonyl (C=O) groups is 1. The van der Waals surface area contributed by atoms with Gasteiger partial charge in [-0.05, 0) is 24.1 Å².